The zero-order valence-corrected chi connectivity index (χ0v) is 16.8. The Labute approximate surface area is 166 Å². The molecule has 0 bridgehead atoms. The molecule has 0 spiro atoms. The maximum atomic E-state index is 13.3. The number of carbonyl (C=O) groups is 1. The van der Waals surface area contributed by atoms with Crippen molar-refractivity contribution >= 4 is 5.91 Å². The zero-order chi connectivity index (χ0) is 20.8. The normalized spacial score (nSPS) is 11.6. The highest BCUT2D eigenvalue weighted by molar-refractivity contribution is 5.94. The second-order valence-electron chi connectivity index (χ2n) is 7.37. The molecule has 0 saturated carbocycles. The van der Waals surface area contributed by atoms with Gasteiger partial charge < -0.3 is 5.32 Å². The van der Waals surface area contributed by atoms with E-state index in [4.69, 9.17) is 0 Å². The summed E-state index contributed by atoms with van der Waals surface area (Å²) in [6.45, 7) is 2.60. The molecular formula is C22H33F4NO. The third-order valence-corrected chi connectivity index (χ3v) is 4.80. The third-order valence-electron chi connectivity index (χ3n) is 4.80. The van der Waals surface area contributed by atoms with E-state index in [1.54, 1.807) is 0 Å². The van der Waals surface area contributed by atoms with Gasteiger partial charge in [-0.1, -0.05) is 77.6 Å². The summed E-state index contributed by atoms with van der Waals surface area (Å²) in [5, 5.41) is 2.57. The third kappa shape index (κ3) is 10.7. The number of carbonyl (C=O) groups excluding carboxylic acids is 1. The minimum Gasteiger partial charge on any atom is -0.352 e. The van der Waals surface area contributed by atoms with Crippen LogP contribution < -0.4 is 5.32 Å². The number of hydrogen-bond donors (Lipinski definition) is 1. The van der Waals surface area contributed by atoms with E-state index in [-0.39, 0.29) is 5.56 Å². The lowest BCUT2D eigenvalue weighted by atomic mass is 10.1. The van der Waals surface area contributed by atoms with Gasteiger partial charge in [-0.05, 0) is 24.6 Å². The second-order valence-corrected chi connectivity index (χ2v) is 7.37. The largest absolute Gasteiger partial charge is 0.416 e. The topological polar surface area (TPSA) is 29.1 Å². The van der Waals surface area contributed by atoms with Crippen molar-refractivity contribution in [3.63, 3.8) is 0 Å². The summed E-state index contributed by atoms with van der Waals surface area (Å²) < 4.78 is 51.4. The van der Waals surface area contributed by atoms with Crippen LogP contribution in [0.3, 0.4) is 0 Å². The zero-order valence-electron chi connectivity index (χ0n) is 16.8. The molecule has 1 aromatic carbocycles. The maximum absolute atomic E-state index is 13.3. The van der Waals surface area contributed by atoms with Crippen molar-refractivity contribution in [1.82, 2.24) is 5.32 Å². The van der Waals surface area contributed by atoms with Crippen molar-refractivity contribution in [1.29, 1.82) is 0 Å². The molecule has 1 rings (SSSR count). The number of rotatable bonds is 14. The number of nitrogens with one attached hydrogen (secondary N) is 1. The molecule has 0 aromatic heterocycles. The van der Waals surface area contributed by atoms with Crippen molar-refractivity contribution in [2.24, 2.45) is 0 Å². The van der Waals surface area contributed by atoms with Crippen LogP contribution in [0.1, 0.15) is 99.9 Å². The first kappa shape index (κ1) is 24.4. The van der Waals surface area contributed by atoms with Gasteiger partial charge in [0, 0.05) is 12.1 Å². The molecule has 2 nitrogen and oxygen atoms in total. The minimum absolute atomic E-state index is 0.300. The summed E-state index contributed by atoms with van der Waals surface area (Å²) >= 11 is 0. The molecule has 1 amide bonds. The van der Waals surface area contributed by atoms with E-state index in [0.29, 0.717) is 18.7 Å². The Morgan fingerprint density at radius 3 is 1.82 bits per heavy atom. The Morgan fingerprint density at radius 1 is 0.821 bits per heavy atom. The molecule has 0 aliphatic carbocycles. The number of hydrogen-bond acceptors (Lipinski definition) is 1. The summed E-state index contributed by atoms with van der Waals surface area (Å²) in [4.78, 5) is 11.9. The van der Waals surface area contributed by atoms with Crippen LogP contribution in [0.4, 0.5) is 17.6 Å². The van der Waals surface area contributed by atoms with Crippen LogP contribution in [-0.4, -0.2) is 12.5 Å². The Kier molecular flexibility index (Phi) is 11.8. The molecule has 1 aromatic rings. The fraction of sp³-hybridized carbons (Fsp3) is 0.682. The van der Waals surface area contributed by atoms with Crippen LogP contribution >= 0.6 is 0 Å². The van der Waals surface area contributed by atoms with Crippen molar-refractivity contribution < 1.29 is 22.4 Å². The molecular weight excluding hydrogens is 370 g/mol. The highest BCUT2D eigenvalue weighted by Gasteiger charge is 2.31. The van der Waals surface area contributed by atoms with E-state index in [1.165, 1.54) is 57.8 Å². The van der Waals surface area contributed by atoms with E-state index in [1.807, 2.05) is 0 Å². The van der Waals surface area contributed by atoms with Crippen molar-refractivity contribution in [2.45, 2.75) is 90.1 Å². The minimum atomic E-state index is -4.67. The van der Waals surface area contributed by atoms with Crippen molar-refractivity contribution in [3.05, 3.63) is 35.1 Å². The standard InChI is InChI=1S/C22H33F4NO/c1-2-3-4-5-6-7-8-9-10-11-12-13-14-27-21(28)18-15-19(22(24,25)26)17-20(23)16-18/h15-17H,2-14H2,1H3,(H,27,28). The number of halogens is 4. The SMILES string of the molecule is CCCCCCCCCCCCCCNC(=O)c1cc(F)cc(C(F)(F)F)c1. The summed E-state index contributed by atoms with van der Waals surface area (Å²) in [7, 11) is 0. The number of benzene rings is 1. The molecule has 0 heterocycles. The molecule has 0 fully saturated rings. The summed E-state index contributed by atoms with van der Waals surface area (Å²) in [6.07, 6.45) is 9.72. The molecule has 1 N–H and O–H groups in total. The quantitative estimate of drug-likeness (QED) is 0.257. The fourth-order valence-corrected chi connectivity index (χ4v) is 3.15. The van der Waals surface area contributed by atoms with Gasteiger partial charge in [-0.15, -0.1) is 0 Å². The Balaban J connectivity index is 2.11. The van der Waals surface area contributed by atoms with Gasteiger partial charge >= 0.3 is 6.18 Å². The molecule has 6 heteroatoms. The average molecular weight is 404 g/mol. The van der Waals surface area contributed by atoms with E-state index < -0.39 is 23.5 Å². The monoisotopic (exact) mass is 403 g/mol. The van der Waals surface area contributed by atoms with Gasteiger partial charge in [-0.3, -0.25) is 4.79 Å². The average Bonchev–Trinajstić information content (AvgIpc) is 2.64. The van der Waals surface area contributed by atoms with Crippen LogP contribution in [0.25, 0.3) is 0 Å². The Hall–Kier alpha value is -1.59. The van der Waals surface area contributed by atoms with Crippen LogP contribution in [0.15, 0.2) is 18.2 Å². The first-order valence-electron chi connectivity index (χ1n) is 10.5. The summed E-state index contributed by atoms with van der Waals surface area (Å²) in [5.74, 6) is -1.74. The van der Waals surface area contributed by atoms with Gasteiger partial charge in [0.1, 0.15) is 5.82 Å². The van der Waals surface area contributed by atoms with Gasteiger partial charge in [0.15, 0.2) is 0 Å². The Morgan fingerprint density at radius 2 is 1.32 bits per heavy atom. The number of alkyl halides is 3. The molecule has 28 heavy (non-hydrogen) atoms. The van der Waals surface area contributed by atoms with Gasteiger partial charge in [0.2, 0.25) is 0 Å². The lowest BCUT2D eigenvalue weighted by Gasteiger charge is -2.10. The lowest BCUT2D eigenvalue weighted by molar-refractivity contribution is -0.137. The molecule has 0 radical (unpaired) electrons. The molecule has 0 atom stereocenters. The van der Waals surface area contributed by atoms with Gasteiger partial charge in [0.25, 0.3) is 5.91 Å². The molecule has 0 unspecified atom stereocenters. The fourth-order valence-electron chi connectivity index (χ4n) is 3.15. The van der Waals surface area contributed by atoms with E-state index >= 15 is 0 Å². The van der Waals surface area contributed by atoms with Crippen molar-refractivity contribution in [2.75, 3.05) is 6.54 Å². The predicted molar refractivity (Wildman–Crippen MR) is 105 cm³/mol. The highest BCUT2D eigenvalue weighted by Crippen LogP contribution is 2.30. The van der Waals surface area contributed by atoms with E-state index in [0.717, 1.165) is 25.3 Å². The number of unbranched alkanes of at least 4 members (excludes halogenated alkanes) is 11. The molecule has 0 aliphatic rings. The summed E-state index contributed by atoms with van der Waals surface area (Å²) in [5.41, 5.74) is -1.45. The maximum Gasteiger partial charge on any atom is 0.416 e. The van der Waals surface area contributed by atoms with Crippen LogP contribution in [0, 0.1) is 5.82 Å². The predicted octanol–water partition coefficient (Wildman–Crippen LogP) is 7.28. The Bertz CT molecular complexity index is 572. The second kappa shape index (κ2) is 13.6. The van der Waals surface area contributed by atoms with E-state index in [9.17, 15) is 22.4 Å². The number of amides is 1. The van der Waals surface area contributed by atoms with Crippen LogP contribution in [0.2, 0.25) is 0 Å². The van der Waals surface area contributed by atoms with Crippen molar-refractivity contribution in [3.8, 4) is 0 Å². The lowest BCUT2D eigenvalue weighted by Crippen LogP contribution is -2.25. The van der Waals surface area contributed by atoms with Gasteiger partial charge in [0.05, 0.1) is 5.56 Å². The van der Waals surface area contributed by atoms with Gasteiger partial charge in [-0.25, -0.2) is 4.39 Å². The molecule has 0 aliphatic heterocycles. The van der Waals surface area contributed by atoms with Crippen LogP contribution in [-0.2, 0) is 6.18 Å². The van der Waals surface area contributed by atoms with E-state index in [2.05, 4.69) is 12.2 Å². The summed E-state index contributed by atoms with van der Waals surface area (Å²) in [6, 6.07) is 1.90. The smallest absolute Gasteiger partial charge is 0.352 e. The molecule has 0 saturated heterocycles. The molecule has 160 valence electrons. The highest BCUT2D eigenvalue weighted by atomic mass is 19.4. The van der Waals surface area contributed by atoms with Gasteiger partial charge in [-0.2, -0.15) is 13.2 Å². The first-order chi connectivity index (χ1) is 13.3. The first-order valence-corrected chi connectivity index (χ1v) is 10.5. The van der Waals surface area contributed by atoms with Crippen LogP contribution in [0.5, 0.6) is 0 Å².